The van der Waals surface area contributed by atoms with E-state index >= 15 is 0 Å². The molecule has 0 unspecified atom stereocenters. The Bertz CT molecular complexity index is 287. The van der Waals surface area contributed by atoms with Crippen LogP contribution in [0.25, 0.3) is 12.2 Å². The molecule has 0 atom stereocenters. The maximum Gasteiger partial charge on any atom is 0.00277 e. The SMILES string of the molecule is C=Cc1ccccc1/C=C\NC. The Morgan fingerprint density at radius 3 is 2.50 bits per heavy atom. The molecule has 0 spiro atoms. The maximum absolute atomic E-state index is 3.75. The molecule has 0 saturated carbocycles. The summed E-state index contributed by atoms with van der Waals surface area (Å²) in [7, 11) is 1.88. The minimum absolute atomic E-state index is 1.16. The zero-order valence-corrected chi connectivity index (χ0v) is 7.25. The smallest absolute Gasteiger partial charge is 0.00277 e. The van der Waals surface area contributed by atoms with Crippen molar-refractivity contribution >= 4 is 12.2 Å². The predicted molar refractivity (Wildman–Crippen MR) is 54.6 cm³/mol. The van der Waals surface area contributed by atoms with Crippen LogP contribution in [0.4, 0.5) is 0 Å². The molecule has 0 bridgehead atoms. The summed E-state index contributed by atoms with van der Waals surface area (Å²) in [6.07, 6.45) is 5.79. The molecule has 1 aromatic rings. The van der Waals surface area contributed by atoms with E-state index in [0.29, 0.717) is 0 Å². The monoisotopic (exact) mass is 159 g/mol. The number of rotatable bonds is 3. The molecule has 0 fully saturated rings. The second-order valence-corrected chi connectivity index (χ2v) is 2.46. The third-order valence-electron chi connectivity index (χ3n) is 1.65. The molecule has 1 N–H and O–H groups in total. The van der Waals surface area contributed by atoms with Crippen molar-refractivity contribution in [2.45, 2.75) is 0 Å². The lowest BCUT2D eigenvalue weighted by atomic mass is 10.1. The van der Waals surface area contributed by atoms with Gasteiger partial charge in [0, 0.05) is 7.05 Å². The normalized spacial score (nSPS) is 10.1. The van der Waals surface area contributed by atoms with Crippen LogP contribution in [-0.4, -0.2) is 7.05 Å². The van der Waals surface area contributed by atoms with E-state index in [1.54, 1.807) is 0 Å². The fourth-order valence-electron chi connectivity index (χ4n) is 1.02. The van der Waals surface area contributed by atoms with Gasteiger partial charge in [0.1, 0.15) is 0 Å². The van der Waals surface area contributed by atoms with Gasteiger partial charge in [-0.05, 0) is 23.4 Å². The summed E-state index contributed by atoms with van der Waals surface area (Å²) in [5.41, 5.74) is 2.34. The predicted octanol–water partition coefficient (Wildman–Crippen LogP) is 2.52. The molecule has 0 saturated heterocycles. The first-order valence-corrected chi connectivity index (χ1v) is 3.93. The van der Waals surface area contributed by atoms with Crippen LogP contribution in [0.5, 0.6) is 0 Å². The van der Waals surface area contributed by atoms with Crippen molar-refractivity contribution in [1.29, 1.82) is 0 Å². The van der Waals surface area contributed by atoms with E-state index in [1.807, 2.05) is 43.6 Å². The highest BCUT2D eigenvalue weighted by molar-refractivity contribution is 5.63. The summed E-state index contributed by atoms with van der Waals surface area (Å²) in [4.78, 5) is 0. The first-order chi connectivity index (χ1) is 5.88. The Balaban J connectivity index is 2.96. The van der Waals surface area contributed by atoms with Crippen molar-refractivity contribution in [1.82, 2.24) is 5.32 Å². The molecular weight excluding hydrogens is 146 g/mol. The van der Waals surface area contributed by atoms with Crippen LogP contribution in [0, 0.1) is 0 Å². The number of hydrogen-bond donors (Lipinski definition) is 1. The van der Waals surface area contributed by atoms with Crippen molar-refractivity contribution in [3.8, 4) is 0 Å². The lowest BCUT2D eigenvalue weighted by molar-refractivity contribution is 1.11. The van der Waals surface area contributed by atoms with E-state index in [1.165, 1.54) is 5.56 Å². The van der Waals surface area contributed by atoms with Gasteiger partial charge < -0.3 is 5.32 Å². The Kier molecular flexibility index (Phi) is 3.15. The molecule has 1 nitrogen and oxygen atoms in total. The number of hydrogen-bond acceptors (Lipinski definition) is 1. The van der Waals surface area contributed by atoms with E-state index in [-0.39, 0.29) is 0 Å². The van der Waals surface area contributed by atoms with Crippen molar-refractivity contribution in [2.24, 2.45) is 0 Å². The topological polar surface area (TPSA) is 12.0 Å². The fourth-order valence-corrected chi connectivity index (χ4v) is 1.02. The Labute approximate surface area is 73.4 Å². The van der Waals surface area contributed by atoms with Crippen molar-refractivity contribution in [3.63, 3.8) is 0 Å². The van der Waals surface area contributed by atoms with Gasteiger partial charge in [-0.15, -0.1) is 0 Å². The van der Waals surface area contributed by atoms with Crippen molar-refractivity contribution < 1.29 is 0 Å². The Hall–Kier alpha value is -1.50. The maximum atomic E-state index is 3.75. The molecule has 1 heteroatoms. The molecule has 1 aromatic carbocycles. The van der Waals surface area contributed by atoms with E-state index in [0.717, 1.165) is 5.56 Å². The molecule has 0 amide bonds. The van der Waals surface area contributed by atoms with Crippen LogP contribution >= 0.6 is 0 Å². The molecule has 0 aromatic heterocycles. The summed E-state index contributed by atoms with van der Waals surface area (Å²) in [5.74, 6) is 0. The van der Waals surface area contributed by atoms with Crippen molar-refractivity contribution in [3.05, 3.63) is 48.2 Å². The molecule has 0 aliphatic carbocycles. The van der Waals surface area contributed by atoms with Gasteiger partial charge in [0.2, 0.25) is 0 Å². The largest absolute Gasteiger partial charge is 0.394 e. The first kappa shape index (κ1) is 8.60. The van der Waals surface area contributed by atoms with Crippen LogP contribution in [0.2, 0.25) is 0 Å². The van der Waals surface area contributed by atoms with Gasteiger partial charge in [0.15, 0.2) is 0 Å². The van der Waals surface area contributed by atoms with Crippen LogP contribution < -0.4 is 5.32 Å². The first-order valence-electron chi connectivity index (χ1n) is 3.93. The zero-order valence-electron chi connectivity index (χ0n) is 7.25. The van der Waals surface area contributed by atoms with Crippen LogP contribution in [0.3, 0.4) is 0 Å². The third-order valence-corrected chi connectivity index (χ3v) is 1.65. The van der Waals surface area contributed by atoms with Crippen LogP contribution in [-0.2, 0) is 0 Å². The van der Waals surface area contributed by atoms with E-state index in [2.05, 4.69) is 18.0 Å². The third kappa shape index (κ3) is 1.99. The summed E-state index contributed by atoms with van der Waals surface area (Å²) in [6.45, 7) is 3.75. The lowest BCUT2D eigenvalue weighted by Crippen LogP contribution is -1.91. The molecule has 62 valence electrons. The number of benzene rings is 1. The number of nitrogens with one attached hydrogen (secondary N) is 1. The Morgan fingerprint density at radius 2 is 1.92 bits per heavy atom. The van der Waals surface area contributed by atoms with Gasteiger partial charge >= 0.3 is 0 Å². The van der Waals surface area contributed by atoms with Crippen molar-refractivity contribution in [2.75, 3.05) is 7.05 Å². The fraction of sp³-hybridized carbons (Fsp3) is 0.0909. The van der Waals surface area contributed by atoms with E-state index < -0.39 is 0 Å². The summed E-state index contributed by atoms with van der Waals surface area (Å²) < 4.78 is 0. The van der Waals surface area contributed by atoms with Crippen LogP contribution in [0.1, 0.15) is 11.1 Å². The molecule has 0 radical (unpaired) electrons. The molecule has 12 heavy (non-hydrogen) atoms. The highest BCUT2D eigenvalue weighted by atomic mass is 14.8. The van der Waals surface area contributed by atoms with E-state index in [4.69, 9.17) is 0 Å². The van der Waals surface area contributed by atoms with Crippen LogP contribution in [0.15, 0.2) is 37.0 Å². The van der Waals surface area contributed by atoms with Gasteiger partial charge in [-0.2, -0.15) is 0 Å². The summed E-state index contributed by atoms with van der Waals surface area (Å²) in [5, 5.41) is 2.95. The van der Waals surface area contributed by atoms with Gasteiger partial charge in [-0.3, -0.25) is 0 Å². The highest BCUT2D eigenvalue weighted by Crippen LogP contribution is 2.10. The van der Waals surface area contributed by atoms with E-state index in [9.17, 15) is 0 Å². The summed E-state index contributed by atoms with van der Waals surface area (Å²) in [6, 6.07) is 8.13. The molecular formula is C11H13N. The van der Waals surface area contributed by atoms with Gasteiger partial charge in [-0.25, -0.2) is 0 Å². The minimum atomic E-state index is 1.16. The minimum Gasteiger partial charge on any atom is -0.394 e. The lowest BCUT2D eigenvalue weighted by Gasteiger charge is -1.98. The zero-order chi connectivity index (χ0) is 8.81. The average molecular weight is 159 g/mol. The molecule has 0 aliphatic heterocycles. The molecule has 1 rings (SSSR count). The molecule has 0 heterocycles. The van der Waals surface area contributed by atoms with Gasteiger partial charge in [0.05, 0.1) is 0 Å². The molecule has 0 aliphatic rings. The second kappa shape index (κ2) is 4.39. The van der Waals surface area contributed by atoms with Gasteiger partial charge in [-0.1, -0.05) is 36.9 Å². The second-order valence-electron chi connectivity index (χ2n) is 2.46. The summed E-state index contributed by atoms with van der Waals surface area (Å²) >= 11 is 0. The average Bonchev–Trinajstić information content (AvgIpc) is 2.15. The quantitative estimate of drug-likeness (QED) is 0.714. The highest BCUT2D eigenvalue weighted by Gasteiger charge is 1.90. The standard InChI is InChI=1S/C11H13N/c1-3-10-6-4-5-7-11(10)8-9-12-2/h3-9,12H,1H2,2H3/b9-8-. The van der Waals surface area contributed by atoms with Gasteiger partial charge in [0.25, 0.3) is 0 Å². The Morgan fingerprint density at radius 1 is 1.25 bits per heavy atom.